The van der Waals surface area contributed by atoms with Crippen LogP contribution >= 0.6 is 0 Å². The van der Waals surface area contributed by atoms with Crippen LogP contribution < -0.4 is 20.4 Å². The van der Waals surface area contributed by atoms with Gasteiger partial charge in [-0.25, -0.2) is 4.79 Å². The van der Waals surface area contributed by atoms with Crippen LogP contribution in [0.15, 0.2) is 51.7 Å². The van der Waals surface area contributed by atoms with Crippen molar-refractivity contribution in [3.63, 3.8) is 0 Å². The minimum atomic E-state index is -0.358. The lowest BCUT2D eigenvalue weighted by Crippen LogP contribution is -2.18. The summed E-state index contributed by atoms with van der Waals surface area (Å²) in [7, 11) is 3.27. The minimum Gasteiger partial charge on any atom is -0.497 e. The highest BCUT2D eigenvalue weighted by Crippen LogP contribution is 2.23. The number of aryl methyl sites for hydroxylation is 1. The highest BCUT2D eigenvalue weighted by molar-refractivity contribution is 5.81. The van der Waals surface area contributed by atoms with E-state index in [0.29, 0.717) is 17.9 Å². The maximum absolute atomic E-state index is 11.8. The average molecular weight is 353 g/mol. The zero-order chi connectivity index (χ0) is 18.5. The number of ether oxygens (including phenoxy) is 2. The summed E-state index contributed by atoms with van der Waals surface area (Å²) in [6.07, 6.45) is 0.845. The van der Waals surface area contributed by atoms with E-state index in [9.17, 15) is 4.79 Å². The molecule has 0 radical (unpaired) electrons. The number of rotatable bonds is 7. The molecule has 3 aromatic rings. The summed E-state index contributed by atoms with van der Waals surface area (Å²) in [4.78, 5) is 11.8. The van der Waals surface area contributed by atoms with Crippen LogP contribution in [0.2, 0.25) is 0 Å². The molecule has 3 rings (SSSR count). The van der Waals surface area contributed by atoms with Crippen molar-refractivity contribution in [1.82, 2.24) is 5.32 Å². The van der Waals surface area contributed by atoms with Gasteiger partial charge in [0.1, 0.15) is 17.1 Å². The van der Waals surface area contributed by atoms with Gasteiger partial charge in [0, 0.05) is 24.1 Å². The lowest BCUT2D eigenvalue weighted by molar-refractivity contribution is 0.409. The fraction of sp³-hybridized carbons (Fsp3) is 0.286. The van der Waals surface area contributed by atoms with Gasteiger partial charge in [0.2, 0.25) is 0 Å². The number of hydrogen-bond acceptors (Lipinski definition) is 5. The van der Waals surface area contributed by atoms with E-state index < -0.39 is 0 Å². The Morgan fingerprint density at radius 1 is 1.00 bits per heavy atom. The van der Waals surface area contributed by atoms with Crippen LogP contribution in [-0.4, -0.2) is 20.8 Å². The summed E-state index contributed by atoms with van der Waals surface area (Å²) in [5.74, 6) is 1.56. The van der Waals surface area contributed by atoms with Crippen molar-refractivity contribution in [2.75, 3.05) is 20.8 Å². The molecule has 0 atom stereocenters. The second-order valence-corrected chi connectivity index (χ2v) is 6.19. The number of fused-ring (bicyclic) bond motifs is 1. The highest BCUT2D eigenvalue weighted by Gasteiger charge is 2.08. The number of nitrogens with one attached hydrogen (secondary N) is 1. The first-order valence-corrected chi connectivity index (χ1v) is 8.55. The van der Waals surface area contributed by atoms with Gasteiger partial charge in [-0.15, -0.1) is 0 Å². The van der Waals surface area contributed by atoms with Crippen molar-refractivity contribution < 1.29 is 13.9 Å². The maximum Gasteiger partial charge on any atom is 0.336 e. The van der Waals surface area contributed by atoms with Gasteiger partial charge in [0.15, 0.2) is 0 Å². The van der Waals surface area contributed by atoms with E-state index >= 15 is 0 Å². The Morgan fingerprint density at radius 2 is 1.85 bits per heavy atom. The van der Waals surface area contributed by atoms with E-state index in [1.165, 1.54) is 17.2 Å². The highest BCUT2D eigenvalue weighted by atomic mass is 16.5. The molecule has 1 N–H and O–H groups in total. The monoisotopic (exact) mass is 353 g/mol. The summed E-state index contributed by atoms with van der Waals surface area (Å²) in [5, 5.41) is 4.31. The molecule has 1 heterocycles. The Kier molecular flexibility index (Phi) is 5.58. The van der Waals surface area contributed by atoms with Gasteiger partial charge in [0.25, 0.3) is 0 Å². The van der Waals surface area contributed by atoms with E-state index in [-0.39, 0.29) is 5.63 Å². The maximum atomic E-state index is 11.8. The molecule has 1 aromatic heterocycles. The van der Waals surface area contributed by atoms with Gasteiger partial charge in [-0.05, 0) is 49.2 Å². The van der Waals surface area contributed by atoms with E-state index in [1.807, 2.05) is 24.3 Å². The van der Waals surface area contributed by atoms with Crippen LogP contribution in [0.1, 0.15) is 16.7 Å². The first-order valence-electron chi connectivity index (χ1n) is 8.55. The molecular formula is C21H23NO4. The molecule has 0 unspecified atom stereocenters. The van der Waals surface area contributed by atoms with Crippen molar-refractivity contribution in [3.05, 3.63) is 69.6 Å². The lowest BCUT2D eigenvalue weighted by Gasteiger charge is -2.11. The van der Waals surface area contributed by atoms with Crippen molar-refractivity contribution >= 4 is 11.0 Å². The Hall–Kier alpha value is -2.79. The van der Waals surface area contributed by atoms with Crippen molar-refractivity contribution in [1.29, 1.82) is 0 Å². The molecule has 0 saturated heterocycles. The zero-order valence-corrected chi connectivity index (χ0v) is 15.3. The third-order valence-corrected chi connectivity index (χ3v) is 4.36. The molecular weight excluding hydrogens is 330 g/mol. The Bertz CT molecular complexity index is 962. The van der Waals surface area contributed by atoms with Gasteiger partial charge in [0.05, 0.1) is 14.2 Å². The predicted molar refractivity (Wildman–Crippen MR) is 102 cm³/mol. The van der Waals surface area contributed by atoms with E-state index in [1.54, 1.807) is 20.3 Å². The summed E-state index contributed by atoms with van der Waals surface area (Å²) >= 11 is 0. The van der Waals surface area contributed by atoms with Gasteiger partial charge in [-0.1, -0.05) is 17.7 Å². The molecule has 0 aliphatic carbocycles. The van der Waals surface area contributed by atoms with Gasteiger partial charge in [-0.3, -0.25) is 0 Å². The molecule has 0 amide bonds. The smallest absolute Gasteiger partial charge is 0.336 e. The molecule has 5 nitrogen and oxygen atoms in total. The van der Waals surface area contributed by atoms with Crippen molar-refractivity contribution in [2.45, 2.75) is 19.9 Å². The van der Waals surface area contributed by atoms with E-state index in [2.05, 4.69) is 18.3 Å². The largest absolute Gasteiger partial charge is 0.497 e. The molecule has 5 heteroatoms. The minimum absolute atomic E-state index is 0.358. The van der Waals surface area contributed by atoms with Crippen LogP contribution in [0.5, 0.6) is 11.5 Å². The molecule has 0 aliphatic rings. The number of hydrogen-bond donors (Lipinski definition) is 1. The van der Waals surface area contributed by atoms with Gasteiger partial charge in [-0.2, -0.15) is 0 Å². The molecule has 2 aromatic carbocycles. The van der Waals surface area contributed by atoms with Crippen LogP contribution in [0, 0.1) is 6.92 Å². The fourth-order valence-electron chi connectivity index (χ4n) is 3.03. The molecule has 136 valence electrons. The first-order chi connectivity index (χ1) is 12.6. The van der Waals surface area contributed by atoms with Crippen LogP contribution in [-0.2, 0) is 13.0 Å². The molecule has 0 bridgehead atoms. The second-order valence-electron chi connectivity index (χ2n) is 6.19. The summed E-state index contributed by atoms with van der Waals surface area (Å²) < 4.78 is 15.9. The summed E-state index contributed by atoms with van der Waals surface area (Å²) in [5.41, 5.74) is 3.47. The van der Waals surface area contributed by atoms with Gasteiger partial charge < -0.3 is 19.2 Å². The van der Waals surface area contributed by atoms with E-state index in [4.69, 9.17) is 13.9 Å². The molecule has 0 aliphatic heterocycles. The topological polar surface area (TPSA) is 60.7 Å². The molecule has 0 saturated carbocycles. The van der Waals surface area contributed by atoms with Crippen LogP contribution in [0.25, 0.3) is 11.0 Å². The Morgan fingerprint density at radius 3 is 2.62 bits per heavy atom. The van der Waals surface area contributed by atoms with E-state index in [0.717, 1.165) is 29.7 Å². The van der Waals surface area contributed by atoms with Crippen LogP contribution in [0.4, 0.5) is 0 Å². The second kappa shape index (κ2) is 8.06. The molecule has 0 fully saturated rings. The quantitative estimate of drug-likeness (QED) is 0.521. The molecule has 26 heavy (non-hydrogen) atoms. The normalized spacial score (nSPS) is 10.9. The third kappa shape index (κ3) is 4.06. The standard InChI is InChI=1S/C21H23NO4/c1-14-4-7-19(25-3)15(10-14)8-9-22-13-16-11-21(23)26-20-12-17(24-2)5-6-18(16)20/h4-7,10-12,22H,8-9,13H2,1-3H3. The summed E-state index contributed by atoms with van der Waals surface area (Å²) in [6.45, 7) is 3.43. The van der Waals surface area contributed by atoms with Crippen molar-refractivity contribution in [2.24, 2.45) is 0 Å². The molecule has 0 spiro atoms. The van der Waals surface area contributed by atoms with Crippen LogP contribution in [0.3, 0.4) is 0 Å². The number of methoxy groups -OCH3 is 2. The zero-order valence-electron chi connectivity index (χ0n) is 15.3. The number of benzene rings is 2. The SMILES string of the molecule is COc1ccc2c(CNCCc3cc(C)ccc3OC)cc(=O)oc2c1. The van der Waals surface area contributed by atoms with Gasteiger partial charge >= 0.3 is 5.63 Å². The summed E-state index contributed by atoms with van der Waals surface area (Å²) in [6, 6.07) is 13.2. The Balaban J connectivity index is 1.70. The first kappa shape index (κ1) is 18.0. The van der Waals surface area contributed by atoms with Crippen molar-refractivity contribution in [3.8, 4) is 11.5 Å². The Labute approximate surface area is 152 Å². The third-order valence-electron chi connectivity index (χ3n) is 4.36. The lowest BCUT2D eigenvalue weighted by atomic mass is 10.1. The fourth-order valence-corrected chi connectivity index (χ4v) is 3.03. The predicted octanol–water partition coefficient (Wildman–Crippen LogP) is 3.45. The average Bonchev–Trinajstić information content (AvgIpc) is 2.64.